The van der Waals surface area contributed by atoms with Crippen molar-refractivity contribution in [1.29, 1.82) is 5.26 Å². The summed E-state index contributed by atoms with van der Waals surface area (Å²) >= 11 is 0. The summed E-state index contributed by atoms with van der Waals surface area (Å²) in [4.78, 5) is 13.7. The largest absolute Gasteiger partial charge is 0.477 e. The van der Waals surface area contributed by atoms with Crippen molar-refractivity contribution in [1.82, 2.24) is 4.90 Å². The Labute approximate surface area is 120 Å². The molecule has 0 atom stereocenters. The number of hydrogen-bond donors (Lipinski definition) is 0. The number of nitrogens with zero attached hydrogens (tertiary/aromatic N) is 2. The summed E-state index contributed by atoms with van der Waals surface area (Å²) in [5.74, 6) is 0.434. The lowest BCUT2D eigenvalue weighted by Crippen LogP contribution is -2.14. The third-order valence-corrected chi connectivity index (χ3v) is 3.39. The molecule has 0 bridgehead atoms. The Balaban J connectivity index is 2.61. The summed E-state index contributed by atoms with van der Waals surface area (Å²) in [6, 6.07) is 1.87. The van der Waals surface area contributed by atoms with E-state index in [1.165, 1.54) is 6.08 Å². The van der Waals surface area contributed by atoms with Crippen molar-refractivity contribution in [2.24, 2.45) is 5.92 Å². The monoisotopic (exact) mass is 278 g/mol. The maximum atomic E-state index is 11.8. The van der Waals surface area contributed by atoms with Gasteiger partial charge in [0.25, 0.3) is 0 Å². The Morgan fingerprint density at radius 2 is 2.25 bits per heavy atom. The number of carbonyl (C=O) groups excluding carboxylic acids is 1. The van der Waals surface area contributed by atoms with Crippen LogP contribution in [0.25, 0.3) is 0 Å². The number of ether oxygens (including phenoxy) is 2. The molecule has 0 N–H and O–H groups in total. The molecule has 0 saturated carbocycles. The van der Waals surface area contributed by atoms with E-state index in [1.54, 1.807) is 6.08 Å². The molecule has 1 heterocycles. The van der Waals surface area contributed by atoms with E-state index < -0.39 is 5.97 Å². The summed E-state index contributed by atoms with van der Waals surface area (Å²) in [6.45, 7) is 5.90. The first-order chi connectivity index (χ1) is 9.62. The van der Waals surface area contributed by atoms with Crippen LogP contribution in [0.4, 0.5) is 0 Å². The van der Waals surface area contributed by atoms with Crippen LogP contribution in [-0.4, -0.2) is 37.7 Å². The van der Waals surface area contributed by atoms with Gasteiger partial charge in [0.05, 0.1) is 13.2 Å². The number of likely N-dealkylation sites (N-methyl/N-ethyl adjacent to an activating group) is 1. The van der Waals surface area contributed by atoms with Crippen LogP contribution in [0.15, 0.2) is 23.6 Å². The van der Waals surface area contributed by atoms with Crippen LogP contribution in [0.5, 0.6) is 0 Å². The molecule has 5 nitrogen and oxygen atoms in total. The molecule has 0 aromatic rings. The van der Waals surface area contributed by atoms with Gasteiger partial charge in [-0.2, -0.15) is 5.26 Å². The molecule has 5 heteroatoms. The maximum absolute atomic E-state index is 11.8. The average Bonchev–Trinajstić information content (AvgIpc) is 2.86. The molecule has 0 amide bonds. The predicted octanol–water partition coefficient (Wildman–Crippen LogP) is 2.22. The first-order valence-electron chi connectivity index (χ1n) is 6.95. The molecular formula is C15H22N2O3. The van der Waals surface area contributed by atoms with Gasteiger partial charge in [0.2, 0.25) is 0 Å². The Morgan fingerprint density at radius 1 is 1.55 bits per heavy atom. The van der Waals surface area contributed by atoms with Crippen LogP contribution in [-0.2, 0) is 14.3 Å². The number of carbonyl (C=O) groups is 1. The molecule has 0 radical (unpaired) electrons. The van der Waals surface area contributed by atoms with Gasteiger partial charge in [-0.15, -0.1) is 0 Å². The number of hydrogen-bond acceptors (Lipinski definition) is 5. The quantitative estimate of drug-likeness (QED) is 0.423. The molecule has 110 valence electrons. The normalized spacial score (nSPS) is 17.2. The van der Waals surface area contributed by atoms with Crippen LogP contribution in [0.1, 0.15) is 26.7 Å². The van der Waals surface area contributed by atoms with Gasteiger partial charge in [-0.05, 0) is 18.1 Å². The summed E-state index contributed by atoms with van der Waals surface area (Å²) in [7, 11) is 1.89. The van der Waals surface area contributed by atoms with E-state index in [1.807, 2.05) is 18.0 Å². The highest BCUT2D eigenvalue weighted by atomic mass is 16.5. The SMILES string of the molecule is CCC(CC)COC(=O)/C(C#N)=C\C=C1/OCCN1C. The van der Waals surface area contributed by atoms with E-state index >= 15 is 0 Å². The highest BCUT2D eigenvalue weighted by Crippen LogP contribution is 2.12. The number of nitriles is 1. The first-order valence-corrected chi connectivity index (χ1v) is 6.95. The molecule has 0 aliphatic carbocycles. The second-order valence-electron chi connectivity index (χ2n) is 4.75. The molecule has 1 aliphatic heterocycles. The zero-order chi connectivity index (χ0) is 15.0. The Hall–Kier alpha value is -1.96. The van der Waals surface area contributed by atoms with Crippen LogP contribution >= 0.6 is 0 Å². The van der Waals surface area contributed by atoms with Gasteiger partial charge in [-0.25, -0.2) is 4.79 Å². The third-order valence-electron chi connectivity index (χ3n) is 3.39. The smallest absolute Gasteiger partial charge is 0.348 e. The van der Waals surface area contributed by atoms with E-state index in [2.05, 4.69) is 13.8 Å². The first kappa shape index (κ1) is 16.1. The van der Waals surface area contributed by atoms with Crippen molar-refractivity contribution in [2.45, 2.75) is 26.7 Å². The predicted molar refractivity (Wildman–Crippen MR) is 75.4 cm³/mol. The van der Waals surface area contributed by atoms with Gasteiger partial charge >= 0.3 is 5.97 Å². The lowest BCUT2D eigenvalue weighted by molar-refractivity contribution is -0.139. The average molecular weight is 278 g/mol. The van der Waals surface area contributed by atoms with E-state index in [0.29, 0.717) is 25.0 Å². The van der Waals surface area contributed by atoms with E-state index in [4.69, 9.17) is 14.7 Å². The zero-order valence-electron chi connectivity index (χ0n) is 12.4. The van der Waals surface area contributed by atoms with E-state index in [9.17, 15) is 4.79 Å². The molecular weight excluding hydrogens is 256 g/mol. The Kier molecular flexibility index (Phi) is 6.65. The fourth-order valence-corrected chi connectivity index (χ4v) is 1.78. The molecule has 1 aliphatic rings. The molecule has 0 aromatic carbocycles. The minimum atomic E-state index is -0.572. The molecule has 0 spiro atoms. The van der Waals surface area contributed by atoms with E-state index in [0.717, 1.165) is 19.4 Å². The van der Waals surface area contributed by atoms with Crippen LogP contribution in [0.3, 0.4) is 0 Å². The van der Waals surface area contributed by atoms with Crippen molar-refractivity contribution in [3.63, 3.8) is 0 Å². The highest BCUT2D eigenvalue weighted by Gasteiger charge is 2.15. The number of esters is 1. The topological polar surface area (TPSA) is 62.6 Å². The fraction of sp³-hybridized carbons (Fsp3) is 0.600. The van der Waals surface area contributed by atoms with Crippen LogP contribution in [0.2, 0.25) is 0 Å². The van der Waals surface area contributed by atoms with Crippen molar-refractivity contribution in [2.75, 3.05) is 26.8 Å². The lowest BCUT2D eigenvalue weighted by atomic mass is 10.1. The summed E-state index contributed by atoms with van der Waals surface area (Å²) < 4.78 is 10.5. The van der Waals surface area contributed by atoms with Crippen molar-refractivity contribution < 1.29 is 14.3 Å². The maximum Gasteiger partial charge on any atom is 0.348 e. The lowest BCUT2D eigenvalue weighted by Gasteiger charge is -2.12. The number of rotatable bonds is 6. The van der Waals surface area contributed by atoms with Crippen molar-refractivity contribution >= 4 is 5.97 Å². The third kappa shape index (κ3) is 4.61. The molecule has 1 rings (SSSR count). The van der Waals surface area contributed by atoms with Gasteiger partial charge in [0, 0.05) is 7.05 Å². The highest BCUT2D eigenvalue weighted by molar-refractivity contribution is 5.93. The Bertz CT molecular complexity index is 431. The molecule has 1 saturated heterocycles. The second kappa shape index (κ2) is 8.26. The van der Waals surface area contributed by atoms with Gasteiger partial charge < -0.3 is 14.4 Å². The molecule has 20 heavy (non-hydrogen) atoms. The standard InChI is InChI=1S/C15H22N2O3/c1-4-12(5-2)11-20-15(18)13(10-16)6-7-14-17(3)8-9-19-14/h6-7,12H,4-5,8-9,11H2,1-3H3/b13-6-,14-7-. The summed E-state index contributed by atoms with van der Waals surface area (Å²) in [6.07, 6.45) is 4.99. The minimum Gasteiger partial charge on any atom is -0.477 e. The summed E-state index contributed by atoms with van der Waals surface area (Å²) in [5, 5.41) is 9.01. The molecule has 0 unspecified atom stereocenters. The van der Waals surface area contributed by atoms with Gasteiger partial charge in [-0.1, -0.05) is 26.7 Å². The summed E-state index contributed by atoms with van der Waals surface area (Å²) in [5.41, 5.74) is -0.00708. The van der Waals surface area contributed by atoms with Crippen LogP contribution in [0, 0.1) is 17.2 Å². The molecule has 0 aromatic heterocycles. The van der Waals surface area contributed by atoms with Crippen LogP contribution < -0.4 is 0 Å². The van der Waals surface area contributed by atoms with Crippen molar-refractivity contribution in [3.8, 4) is 6.07 Å². The second-order valence-corrected chi connectivity index (χ2v) is 4.75. The fourth-order valence-electron chi connectivity index (χ4n) is 1.78. The van der Waals surface area contributed by atoms with Gasteiger partial charge in [0.15, 0.2) is 5.88 Å². The number of allylic oxidation sites excluding steroid dienone is 2. The van der Waals surface area contributed by atoms with E-state index in [-0.39, 0.29) is 5.57 Å². The van der Waals surface area contributed by atoms with Crippen molar-refractivity contribution in [3.05, 3.63) is 23.6 Å². The Morgan fingerprint density at radius 3 is 2.75 bits per heavy atom. The van der Waals surface area contributed by atoms with Gasteiger partial charge in [0.1, 0.15) is 18.2 Å². The van der Waals surface area contributed by atoms with Gasteiger partial charge in [-0.3, -0.25) is 0 Å². The minimum absolute atomic E-state index is 0.00708. The zero-order valence-corrected chi connectivity index (χ0v) is 12.4. The molecule has 1 fully saturated rings.